The second kappa shape index (κ2) is 6.11. The summed E-state index contributed by atoms with van der Waals surface area (Å²) < 4.78 is 0. The molecule has 0 saturated carbocycles. The Kier molecular flexibility index (Phi) is 5.09. The first-order valence-electron chi connectivity index (χ1n) is 6.08. The molecular weight excluding hydrogens is 190 g/mol. The molecule has 1 aliphatic heterocycles. The fourth-order valence-corrected chi connectivity index (χ4v) is 2.20. The van der Waals surface area contributed by atoms with Crippen molar-refractivity contribution in [3.63, 3.8) is 0 Å². The first-order chi connectivity index (χ1) is 7.13. The van der Waals surface area contributed by atoms with Crippen LogP contribution in [0.4, 0.5) is 0 Å². The minimum absolute atomic E-state index is 0.164. The van der Waals surface area contributed by atoms with Gasteiger partial charge in [-0.05, 0) is 38.3 Å². The molecule has 0 amide bonds. The number of carbonyl (C=O) groups is 1. The summed E-state index contributed by atoms with van der Waals surface area (Å²) in [5, 5.41) is 9.06. The molecule has 1 aliphatic rings. The van der Waals surface area contributed by atoms with Crippen molar-refractivity contribution in [3.05, 3.63) is 0 Å². The van der Waals surface area contributed by atoms with Crippen LogP contribution in [0.3, 0.4) is 0 Å². The van der Waals surface area contributed by atoms with E-state index >= 15 is 0 Å². The molecule has 0 spiro atoms. The Bertz CT molecular complexity index is 198. The van der Waals surface area contributed by atoms with Crippen molar-refractivity contribution in [2.24, 2.45) is 11.8 Å². The molecule has 0 aromatic carbocycles. The number of carboxylic acid groups (broad SMARTS) is 1. The van der Waals surface area contributed by atoms with E-state index < -0.39 is 5.97 Å². The molecular formula is C12H23NO2. The monoisotopic (exact) mass is 213 g/mol. The van der Waals surface area contributed by atoms with Crippen LogP contribution < -0.4 is 0 Å². The maximum atomic E-state index is 11.0. The highest BCUT2D eigenvalue weighted by atomic mass is 16.4. The fraction of sp³-hybridized carbons (Fsp3) is 0.917. The van der Waals surface area contributed by atoms with Gasteiger partial charge in [-0.2, -0.15) is 0 Å². The Morgan fingerprint density at radius 2 is 2.07 bits per heavy atom. The summed E-state index contributed by atoms with van der Waals surface area (Å²) in [6.07, 6.45) is 4.21. The third kappa shape index (κ3) is 4.20. The zero-order chi connectivity index (χ0) is 11.3. The summed E-state index contributed by atoms with van der Waals surface area (Å²) in [4.78, 5) is 13.3. The average Bonchev–Trinajstić information content (AvgIpc) is 2.20. The van der Waals surface area contributed by atoms with Crippen LogP contribution in [-0.2, 0) is 4.79 Å². The maximum absolute atomic E-state index is 11.0. The molecule has 1 fully saturated rings. The third-order valence-corrected chi connectivity index (χ3v) is 3.34. The van der Waals surface area contributed by atoms with E-state index in [2.05, 4.69) is 11.8 Å². The maximum Gasteiger partial charge on any atom is 0.307 e. The molecule has 0 radical (unpaired) electrons. The molecule has 0 aromatic rings. The largest absolute Gasteiger partial charge is 0.481 e. The van der Waals surface area contributed by atoms with Crippen molar-refractivity contribution >= 4 is 5.97 Å². The molecule has 88 valence electrons. The molecule has 0 aromatic heterocycles. The predicted octanol–water partition coefficient (Wildman–Crippen LogP) is 2.22. The van der Waals surface area contributed by atoms with Gasteiger partial charge in [0.25, 0.3) is 0 Å². The van der Waals surface area contributed by atoms with Crippen LogP contribution in [0.15, 0.2) is 0 Å². The first-order valence-corrected chi connectivity index (χ1v) is 6.08. The number of likely N-dealkylation sites (tertiary alicyclic amines) is 1. The summed E-state index contributed by atoms with van der Waals surface area (Å²) in [6.45, 7) is 7.23. The smallest absolute Gasteiger partial charge is 0.307 e. The number of hydrogen-bond acceptors (Lipinski definition) is 2. The Hall–Kier alpha value is -0.570. The van der Waals surface area contributed by atoms with E-state index in [0.717, 1.165) is 38.4 Å². The average molecular weight is 213 g/mol. The highest BCUT2D eigenvalue weighted by molar-refractivity contribution is 5.70. The molecule has 3 nitrogen and oxygen atoms in total. The highest BCUT2D eigenvalue weighted by Crippen LogP contribution is 2.18. The Balaban J connectivity index is 2.34. The van der Waals surface area contributed by atoms with Crippen LogP contribution >= 0.6 is 0 Å². The van der Waals surface area contributed by atoms with Crippen molar-refractivity contribution in [3.8, 4) is 0 Å². The van der Waals surface area contributed by atoms with Crippen LogP contribution in [0, 0.1) is 11.8 Å². The second-order valence-corrected chi connectivity index (χ2v) is 4.81. The second-order valence-electron chi connectivity index (χ2n) is 4.81. The number of rotatable bonds is 5. The Labute approximate surface area is 92.5 Å². The summed E-state index contributed by atoms with van der Waals surface area (Å²) in [5.41, 5.74) is 0. The van der Waals surface area contributed by atoms with Crippen LogP contribution in [0.5, 0.6) is 0 Å². The zero-order valence-electron chi connectivity index (χ0n) is 9.91. The van der Waals surface area contributed by atoms with Crippen molar-refractivity contribution < 1.29 is 9.90 Å². The lowest BCUT2D eigenvalue weighted by Gasteiger charge is -2.31. The van der Waals surface area contributed by atoms with Gasteiger partial charge in [0.15, 0.2) is 0 Å². The van der Waals surface area contributed by atoms with E-state index in [1.165, 1.54) is 12.8 Å². The Morgan fingerprint density at radius 1 is 1.47 bits per heavy atom. The Morgan fingerprint density at radius 3 is 2.53 bits per heavy atom. The summed E-state index contributed by atoms with van der Waals surface area (Å²) in [6, 6.07) is 0. The minimum atomic E-state index is -0.629. The van der Waals surface area contributed by atoms with Crippen molar-refractivity contribution in [2.75, 3.05) is 19.6 Å². The minimum Gasteiger partial charge on any atom is -0.481 e. The molecule has 1 atom stereocenters. The fourth-order valence-electron chi connectivity index (χ4n) is 2.20. The molecule has 1 saturated heterocycles. The SMILES string of the molecule is CCCC(CN1CCC(C)CC1)C(=O)O. The zero-order valence-corrected chi connectivity index (χ0v) is 9.91. The lowest BCUT2D eigenvalue weighted by atomic mass is 9.97. The van der Waals surface area contributed by atoms with E-state index in [1.54, 1.807) is 0 Å². The summed E-state index contributed by atoms with van der Waals surface area (Å²) in [5.74, 6) is 0.0228. The van der Waals surface area contributed by atoms with Gasteiger partial charge in [-0.25, -0.2) is 0 Å². The topological polar surface area (TPSA) is 40.5 Å². The van der Waals surface area contributed by atoms with Gasteiger partial charge in [-0.15, -0.1) is 0 Å². The van der Waals surface area contributed by atoms with Gasteiger partial charge >= 0.3 is 5.97 Å². The van der Waals surface area contributed by atoms with Gasteiger partial charge in [-0.1, -0.05) is 20.3 Å². The molecule has 1 N–H and O–H groups in total. The lowest BCUT2D eigenvalue weighted by molar-refractivity contribution is -0.142. The van der Waals surface area contributed by atoms with E-state index in [1.807, 2.05) is 6.92 Å². The van der Waals surface area contributed by atoms with Gasteiger partial charge < -0.3 is 10.0 Å². The summed E-state index contributed by atoms with van der Waals surface area (Å²) >= 11 is 0. The molecule has 15 heavy (non-hydrogen) atoms. The van der Waals surface area contributed by atoms with Crippen LogP contribution in [0.1, 0.15) is 39.5 Å². The van der Waals surface area contributed by atoms with E-state index in [-0.39, 0.29) is 5.92 Å². The van der Waals surface area contributed by atoms with E-state index in [4.69, 9.17) is 5.11 Å². The molecule has 0 bridgehead atoms. The van der Waals surface area contributed by atoms with E-state index in [9.17, 15) is 4.79 Å². The molecule has 1 unspecified atom stereocenters. The van der Waals surface area contributed by atoms with Crippen molar-refractivity contribution in [1.82, 2.24) is 4.90 Å². The highest BCUT2D eigenvalue weighted by Gasteiger charge is 2.22. The van der Waals surface area contributed by atoms with Crippen molar-refractivity contribution in [2.45, 2.75) is 39.5 Å². The van der Waals surface area contributed by atoms with E-state index in [0.29, 0.717) is 0 Å². The van der Waals surface area contributed by atoms with Crippen LogP contribution in [-0.4, -0.2) is 35.6 Å². The number of aliphatic carboxylic acids is 1. The lowest BCUT2D eigenvalue weighted by Crippen LogP contribution is -2.38. The number of hydrogen-bond donors (Lipinski definition) is 1. The van der Waals surface area contributed by atoms with Gasteiger partial charge in [0.1, 0.15) is 0 Å². The van der Waals surface area contributed by atoms with Crippen LogP contribution in [0.2, 0.25) is 0 Å². The normalized spacial score (nSPS) is 21.5. The standard InChI is InChI=1S/C12H23NO2/c1-3-4-11(12(14)15)9-13-7-5-10(2)6-8-13/h10-11H,3-9H2,1-2H3,(H,14,15). The first kappa shape index (κ1) is 12.5. The van der Waals surface area contributed by atoms with Gasteiger partial charge in [0, 0.05) is 6.54 Å². The number of carboxylic acids is 1. The predicted molar refractivity (Wildman–Crippen MR) is 60.9 cm³/mol. The quantitative estimate of drug-likeness (QED) is 0.761. The number of piperidine rings is 1. The molecule has 0 aliphatic carbocycles. The molecule has 3 heteroatoms. The molecule has 1 heterocycles. The van der Waals surface area contributed by atoms with Crippen molar-refractivity contribution in [1.29, 1.82) is 0 Å². The summed E-state index contributed by atoms with van der Waals surface area (Å²) in [7, 11) is 0. The van der Waals surface area contributed by atoms with Gasteiger partial charge in [0.2, 0.25) is 0 Å². The molecule has 1 rings (SSSR count). The van der Waals surface area contributed by atoms with Crippen LogP contribution in [0.25, 0.3) is 0 Å². The third-order valence-electron chi connectivity index (χ3n) is 3.34. The van der Waals surface area contributed by atoms with Gasteiger partial charge in [0.05, 0.1) is 5.92 Å². The van der Waals surface area contributed by atoms with Gasteiger partial charge in [-0.3, -0.25) is 4.79 Å². The number of nitrogens with zero attached hydrogens (tertiary/aromatic N) is 1.